The molecule has 0 spiro atoms. The van der Waals surface area contributed by atoms with Crippen molar-refractivity contribution in [3.8, 4) is 6.07 Å². The van der Waals surface area contributed by atoms with Crippen LogP contribution >= 0.6 is 0 Å². The molecule has 7 heteroatoms. The van der Waals surface area contributed by atoms with E-state index in [9.17, 15) is 4.79 Å². The molecular weight excluding hydrogens is 186 g/mol. The Morgan fingerprint density at radius 1 is 1.86 bits per heavy atom. The van der Waals surface area contributed by atoms with Crippen molar-refractivity contribution in [2.45, 2.75) is 12.5 Å². The number of rotatable bonds is 6. The minimum atomic E-state index is -0.953. The van der Waals surface area contributed by atoms with Gasteiger partial charge >= 0.3 is 5.97 Å². The Morgan fingerprint density at radius 3 is 3.07 bits per heavy atom. The maximum Gasteiger partial charge on any atom is 0.337 e. The summed E-state index contributed by atoms with van der Waals surface area (Å²) in [7, 11) is 1.22. The van der Waals surface area contributed by atoms with E-state index in [2.05, 4.69) is 20.1 Å². The Balaban J connectivity index is 3.69. The lowest BCUT2D eigenvalue weighted by Crippen LogP contribution is -2.37. The Bertz CT molecular complexity index is 266. The van der Waals surface area contributed by atoms with E-state index in [1.807, 2.05) is 0 Å². The zero-order valence-corrected chi connectivity index (χ0v) is 7.80. The molecule has 7 nitrogen and oxygen atoms in total. The molecule has 1 atom stereocenters. The van der Waals surface area contributed by atoms with Crippen molar-refractivity contribution < 1.29 is 9.53 Å². The first-order chi connectivity index (χ1) is 6.76. The van der Waals surface area contributed by atoms with Gasteiger partial charge in [0, 0.05) is 11.5 Å². The summed E-state index contributed by atoms with van der Waals surface area (Å²) >= 11 is 0. The molecule has 0 bridgehead atoms. The molecule has 0 aliphatic rings. The van der Waals surface area contributed by atoms with Crippen LogP contribution in [0.4, 0.5) is 0 Å². The quantitative estimate of drug-likeness (QED) is 0.217. The summed E-state index contributed by atoms with van der Waals surface area (Å²) in [6.45, 7) is 0.759. The number of nitriles is 1. The van der Waals surface area contributed by atoms with Crippen molar-refractivity contribution in [3.63, 3.8) is 0 Å². The molecule has 76 valence electrons. The average Bonchev–Trinajstić information content (AvgIpc) is 2.22. The molecule has 0 aromatic rings. The summed E-state index contributed by atoms with van der Waals surface area (Å²) in [5.74, 6) is -0.615. The van der Waals surface area contributed by atoms with E-state index in [-0.39, 0.29) is 0 Å². The van der Waals surface area contributed by atoms with Gasteiger partial charge in [-0.1, -0.05) is 5.11 Å². The SMILES string of the molecule is COC(=O)C(C#N)NCCCN=[N+]=[N-]. The summed E-state index contributed by atoms with van der Waals surface area (Å²) in [6.07, 6.45) is 0.569. The first-order valence-corrected chi connectivity index (χ1v) is 3.98. The molecule has 0 fully saturated rings. The number of ether oxygens (including phenoxy) is 1. The number of hydrogen-bond acceptors (Lipinski definition) is 5. The van der Waals surface area contributed by atoms with Gasteiger partial charge in [-0.25, -0.2) is 4.79 Å². The van der Waals surface area contributed by atoms with Gasteiger partial charge < -0.3 is 4.74 Å². The van der Waals surface area contributed by atoms with Crippen LogP contribution in [0.3, 0.4) is 0 Å². The predicted octanol–water partition coefficient (Wildman–Crippen LogP) is 0.342. The Labute approximate surface area is 81.3 Å². The molecule has 0 heterocycles. The third-order valence-corrected chi connectivity index (χ3v) is 1.41. The molecule has 0 rings (SSSR count). The van der Waals surface area contributed by atoms with Crippen molar-refractivity contribution in [2.24, 2.45) is 5.11 Å². The molecule has 1 N–H and O–H groups in total. The predicted molar refractivity (Wildman–Crippen MR) is 48.0 cm³/mol. The zero-order valence-electron chi connectivity index (χ0n) is 7.80. The summed E-state index contributed by atoms with van der Waals surface area (Å²) in [5, 5.41) is 14.5. The molecule has 0 amide bonds. The summed E-state index contributed by atoms with van der Waals surface area (Å²) in [4.78, 5) is 13.4. The monoisotopic (exact) mass is 197 g/mol. The van der Waals surface area contributed by atoms with Crippen LogP contribution in [0.15, 0.2) is 5.11 Å². The third kappa shape index (κ3) is 4.98. The van der Waals surface area contributed by atoms with Gasteiger partial charge in [0.2, 0.25) is 0 Å². The van der Waals surface area contributed by atoms with Crippen LogP contribution in [-0.2, 0) is 9.53 Å². The lowest BCUT2D eigenvalue weighted by atomic mass is 10.3. The molecule has 14 heavy (non-hydrogen) atoms. The number of hydrogen-bond donors (Lipinski definition) is 1. The lowest BCUT2D eigenvalue weighted by Gasteiger charge is -2.07. The third-order valence-electron chi connectivity index (χ3n) is 1.41. The first kappa shape index (κ1) is 12.2. The largest absolute Gasteiger partial charge is 0.467 e. The molecule has 0 aliphatic carbocycles. The fourth-order valence-corrected chi connectivity index (χ4v) is 0.740. The Hall–Kier alpha value is -1.77. The van der Waals surface area contributed by atoms with Gasteiger partial charge in [-0.15, -0.1) is 0 Å². The zero-order chi connectivity index (χ0) is 10.8. The normalized spacial score (nSPS) is 10.9. The van der Waals surface area contributed by atoms with Crippen LogP contribution in [0.5, 0.6) is 0 Å². The van der Waals surface area contributed by atoms with Crippen molar-refractivity contribution in [1.82, 2.24) is 5.32 Å². The summed E-state index contributed by atoms with van der Waals surface area (Å²) in [6, 6.07) is 0.802. The molecule has 0 saturated carbocycles. The van der Waals surface area contributed by atoms with Crippen LogP contribution in [0.1, 0.15) is 6.42 Å². The average molecular weight is 197 g/mol. The molecule has 0 saturated heterocycles. The summed E-state index contributed by atoms with van der Waals surface area (Å²) < 4.78 is 4.38. The second-order valence-electron chi connectivity index (χ2n) is 2.35. The molecule has 1 unspecified atom stereocenters. The molecule has 0 radical (unpaired) electrons. The highest BCUT2D eigenvalue weighted by Crippen LogP contribution is 1.87. The second-order valence-corrected chi connectivity index (χ2v) is 2.35. The van der Waals surface area contributed by atoms with Crippen molar-refractivity contribution in [2.75, 3.05) is 20.2 Å². The molecular formula is C7H11N5O2. The maximum atomic E-state index is 10.9. The summed E-state index contributed by atoms with van der Waals surface area (Å²) in [5.41, 5.74) is 7.96. The van der Waals surface area contributed by atoms with E-state index in [4.69, 9.17) is 10.8 Å². The molecule has 0 aliphatic heterocycles. The minimum absolute atomic E-state index is 0.336. The van der Waals surface area contributed by atoms with Gasteiger partial charge in [-0.2, -0.15) is 5.26 Å². The van der Waals surface area contributed by atoms with Crippen LogP contribution in [0.2, 0.25) is 0 Å². The minimum Gasteiger partial charge on any atom is -0.467 e. The lowest BCUT2D eigenvalue weighted by molar-refractivity contribution is -0.141. The number of nitrogens with zero attached hydrogens (tertiary/aromatic N) is 4. The van der Waals surface area contributed by atoms with Crippen LogP contribution in [0.25, 0.3) is 10.4 Å². The smallest absolute Gasteiger partial charge is 0.337 e. The Kier molecular flexibility index (Phi) is 6.86. The van der Waals surface area contributed by atoms with E-state index in [1.54, 1.807) is 6.07 Å². The van der Waals surface area contributed by atoms with E-state index in [0.717, 1.165) is 0 Å². The fourth-order valence-electron chi connectivity index (χ4n) is 0.740. The number of azide groups is 1. The second kappa shape index (κ2) is 7.86. The number of esters is 1. The van der Waals surface area contributed by atoms with Gasteiger partial charge in [0.1, 0.15) is 0 Å². The fraction of sp³-hybridized carbons (Fsp3) is 0.714. The van der Waals surface area contributed by atoms with E-state index in [0.29, 0.717) is 19.5 Å². The number of methoxy groups -OCH3 is 1. The van der Waals surface area contributed by atoms with Crippen molar-refractivity contribution in [3.05, 3.63) is 10.4 Å². The van der Waals surface area contributed by atoms with Gasteiger partial charge in [0.25, 0.3) is 0 Å². The van der Waals surface area contributed by atoms with Crippen LogP contribution in [0, 0.1) is 11.3 Å². The van der Waals surface area contributed by atoms with Crippen LogP contribution < -0.4 is 5.32 Å². The van der Waals surface area contributed by atoms with Crippen LogP contribution in [-0.4, -0.2) is 32.2 Å². The highest BCUT2D eigenvalue weighted by molar-refractivity contribution is 5.78. The molecule has 0 aromatic carbocycles. The Morgan fingerprint density at radius 2 is 2.57 bits per heavy atom. The van der Waals surface area contributed by atoms with Gasteiger partial charge in [-0.05, 0) is 18.5 Å². The van der Waals surface area contributed by atoms with Crippen molar-refractivity contribution >= 4 is 5.97 Å². The van der Waals surface area contributed by atoms with Gasteiger partial charge in [0.05, 0.1) is 13.2 Å². The first-order valence-electron chi connectivity index (χ1n) is 3.98. The maximum absolute atomic E-state index is 10.9. The number of nitrogens with one attached hydrogen (secondary N) is 1. The van der Waals surface area contributed by atoms with E-state index >= 15 is 0 Å². The highest BCUT2D eigenvalue weighted by Gasteiger charge is 2.16. The van der Waals surface area contributed by atoms with Gasteiger partial charge in [0.15, 0.2) is 6.04 Å². The number of carbonyl (C=O) groups is 1. The van der Waals surface area contributed by atoms with Gasteiger partial charge in [-0.3, -0.25) is 5.32 Å². The highest BCUT2D eigenvalue weighted by atomic mass is 16.5. The van der Waals surface area contributed by atoms with E-state index in [1.165, 1.54) is 7.11 Å². The number of carbonyl (C=O) groups excluding carboxylic acids is 1. The van der Waals surface area contributed by atoms with E-state index < -0.39 is 12.0 Å². The standard InChI is InChI=1S/C7H11N5O2/c1-14-7(13)6(5-8)10-3-2-4-11-12-9/h6,10H,2-4H2,1H3. The topological polar surface area (TPSA) is 111 Å². The van der Waals surface area contributed by atoms with Crippen molar-refractivity contribution in [1.29, 1.82) is 5.26 Å². The molecule has 0 aromatic heterocycles.